The molecule has 2 aliphatic heterocycles. The van der Waals surface area contributed by atoms with Crippen molar-refractivity contribution in [1.29, 1.82) is 0 Å². The Morgan fingerprint density at radius 2 is 1.94 bits per heavy atom. The largest absolute Gasteiger partial charge is 0.496 e. The van der Waals surface area contributed by atoms with Crippen LogP contribution >= 0.6 is 11.8 Å². The highest BCUT2D eigenvalue weighted by Gasteiger charge is 2.42. The number of hydrogen-bond acceptors (Lipinski definition) is 4. The van der Waals surface area contributed by atoms with E-state index in [4.69, 9.17) is 9.47 Å². The number of methoxy groups -OCH3 is 2. The molecule has 0 amide bonds. The van der Waals surface area contributed by atoms with Crippen molar-refractivity contribution in [3.8, 4) is 11.5 Å². The zero-order valence-electron chi connectivity index (χ0n) is 10.9. The molecular weight excluding hydrogens is 246 g/mol. The molecule has 0 saturated carbocycles. The van der Waals surface area contributed by atoms with Crippen molar-refractivity contribution in [2.75, 3.05) is 33.1 Å². The zero-order chi connectivity index (χ0) is 12.6. The highest BCUT2D eigenvalue weighted by atomic mass is 32.2. The maximum atomic E-state index is 5.60. The minimum absolute atomic E-state index is 0.250. The average Bonchev–Trinajstić information content (AvgIpc) is 2.87. The maximum Gasteiger partial charge on any atom is 0.132 e. The predicted octanol–water partition coefficient (Wildman–Crippen LogP) is 2.43. The molecule has 1 aromatic carbocycles. The normalized spacial score (nSPS) is 26.1. The van der Waals surface area contributed by atoms with Crippen LogP contribution in [0.5, 0.6) is 11.5 Å². The van der Waals surface area contributed by atoms with Crippen LogP contribution in [-0.4, -0.2) is 33.1 Å². The van der Waals surface area contributed by atoms with Crippen LogP contribution < -0.4 is 14.8 Å². The van der Waals surface area contributed by atoms with Crippen LogP contribution in [0.3, 0.4) is 0 Å². The summed E-state index contributed by atoms with van der Waals surface area (Å²) in [5.41, 5.74) is 1.62. The number of fused-ring (bicyclic) bond motifs is 2. The molecule has 0 aromatic heterocycles. The molecule has 1 unspecified atom stereocenters. The third-order valence-electron chi connectivity index (χ3n) is 4.12. The molecule has 1 N–H and O–H groups in total. The van der Waals surface area contributed by atoms with E-state index in [0.29, 0.717) is 0 Å². The van der Waals surface area contributed by atoms with Gasteiger partial charge in [-0.05, 0) is 37.3 Å². The van der Waals surface area contributed by atoms with Crippen molar-refractivity contribution < 1.29 is 9.47 Å². The molecular formula is C14H19NO2S. The van der Waals surface area contributed by atoms with E-state index >= 15 is 0 Å². The summed E-state index contributed by atoms with van der Waals surface area (Å²) >= 11 is 1.90. The minimum atomic E-state index is 0.250. The van der Waals surface area contributed by atoms with Gasteiger partial charge in [0.05, 0.1) is 19.1 Å². The van der Waals surface area contributed by atoms with Gasteiger partial charge in [0.2, 0.25) is 0 Å². The lowest BCUT2D eigenvalue weighted by molar-refractivity contribution is 0.357. The summed E-state index contributed by atoms with van der Waals surface area (Å²) in [6, 6.07) is 4.07. The molecule has 1 atom stereocenters. The number of ether oxygens (including phenoxy) is 2. The minimum Gasteiger partial charge on any atom is -0.496 e. The van der Waals surface area contributed by atoms with E-state index in [-0.39, 0.29) is 5.41 Å². The van der Waals surface area contributed by atoms with Gasteiger partial charge in [-0.25, -0.2) is 0 Å². The lowest BCUT2D eigenvalue weighted by Gasteiger charge is -2.36. The SMILES string of the molecule is COc1ccc(OC)c2c1SCCC21CCNC1. The summed E-state index contributed by atoms with van der Waals surface area (Å²) in [5.74, 6) is 3.17. The maximum absolute atomic E-state index is 5.60. The number of hydrogen-bond donors (Lipinski definition) is 1. The lowest BCUT2D eigenvalue weighted by Crippen LogP contribution is -2.33. The van der Waals surface area contributed by atoms with Crippen molar-refractivity contribution in [2.24, 2.45) is 0 Å². The first-order chi connectivity index (χ1) is 8.80. The first-order valence-electron chi connectivity index (χ1n) is 6.40. The first-order valence-corrected chi connectivity index (χ1v) is 7.38. The van der Waals surface area contributed by atoms with Gasteiger partial charge < -0.3 is 14.8 Å². The topological polar surface area (TPSA) is 30.5 Å². The molecule has 1 saturated heterocycles. The Morgan fingerprint density at radius 3 is 2.61 bits per heavy atom. The number of rotatable bonds is 2. The smallest absolute Gasteiger partial charge is 0.132 e. The summed E-state index contributed by atoms with van der Waals surface area (Å²) in [4.78, 5) is 1.28. The molecule has 2 aliphatic rings. The molecule has 1 fully saturated rings. The molecule has 3 rings (SSSR count). The summed E-state index contributed by atoms with van der Waals surface area (Å²) < 4.78 is 11.1. The van der Waals surface area contributed by atoms with Gasteiger partial charge in [-0.1, -0.05) is 0 Å². The van der Waals surface area contributed by atoms with Crippen molar-refractivity contribution >= 4 is 11.8 Å². The summed E-state index contributed by atoms with van der Waals surface area (Å²) in [7, 11) is 3.51. The monoisotopic (exact) mass is 265 g/mol. The van der Waals surface area contributed by atoms with E-state index in [1.807, 2.05) is 23.9 Å². The number of benzene rings is 1. The van der Waals surface area contributed by atoms with Crippen molar-refractivity contribution in [1.82, 2.24) is 5.32 Å². The van der Waals surface area contributed by atoms with Gasteiger partial charge in [0, 0.05) is 17.5 Å². The molecule has 18 heavy (non-hydrogen) atoms. The molecule has 3 nitrogen and oxygen atoms in total. The van der Waals surface area contributed by atoms with Gasteiger partial charge in [-0.2, -0.15) is 0 Å². The van der Waals surface area contributed by atoms with E-state index in [1.165, 1.54) is 23.3 Å². The second-order valence-corrected chi connectivity index (χ2v) is 6.08. The van der Waals surface area contributed by atoms with E-state index < -0.39 is 0 Å². The number of nitrogens with one attached hydrogen (secondary N) is 1. The van der Waals surface area contributed by atoms with Crippen LogP contribution in [0.15, 0.2) is 17.0 Å². The summed E-state index contributed by atoms with van der Waals surface area (Å²) in [6.45, 7) is 2.16. The third-order valence-corrected chi connectivity index (χ3v) is 5.23. The standard InChI is InChI=1S/C14H19NO2S/c1-16-10-3-4-11(17-2)13-12(10)14(6-8-18-13)5-7-15-9-14/h3-4,15H,5-9H2,1-2H3. The predicted molar refractivity (Wildman–Crippen MR) is 74.1 cm³/mol. The van der Waals surface area contributed by atoms with Crippen molar-refractivity contribution in [3.63, 3.8) is 0 Å². The van der Waals surface area contributed by atoms with Gasteiger partial charge in [0.25, 0.3) is 0 Å². The second kappa shape index (κ2) is 4.67. The van der Waals surface area contributed by atoms with Gasteiger partial charge in [0.15, 0.2) is 0 Å². The van der Waals surface area contributed by atoms with Crippen LogP contribution in [-0.2, 0) is 5.41 Å². The first kappa shape index (κ1) is 12.2. The highest BCUT2D eigenvalue weighted by Crippen LogP contribution is 2.52. The molecule has 0 radical (unpaired) electrons. The molecule has 2 heterocycles. The van der Waals surface area contributed by atoms with Crippen molar-refractivity contribution in [3.05, 3.63) is 17.7 Å². The number of thioether (sulfide) groups is 1. The zero-order valence-corrected chi connectivity index (χ0v) is 11.7. The Hall–Kier alpha value is -0.870. The van der Waals surface area contributed by atoms with Crippen LogP contribution in [0, 0.1) is 0 Å². The fourth-order valence-corrected chi connectivity index (χ4v) is 4.62. The fraction of sp³-hybridized carbons (Fsp3) is 0.571. The third kappa shape index (κ3) is 1.70. The molecule has 98 valence electrons. The quantitative estimate of drug-likeness (QED) is 0.889. The average molecular weight is 265 g/mol. The molecule has 1 aromatic rings. The molecule has 1 spiro atoms. The van der Waals surface area contributed by atoms with Gasteiger partial charge in [0.1, 0.15) is 11.5 Å². The Bertz CT molecular complexity index is 455. The highest BCUT2D eigenvalue weighted by molar-refractivity contribution is 7.99. The Balaban J connectivity index is 2.19. The Kier molecular flexibility index (Phi) is 3.16. The van der Waals surface area contributed by atoms with E-state index in [0.717, 1.165) is 30.3 Å². The van der Waals surface area contributed by atoms with E-state index in [1.54, 1.807) is 14.2 Å². The second-order valence-electron chi connectivity index (χ2n) is 4.98. The van der Waals surface area contributed by atoms with E-state index in [9.17, 15) is 0 Å². The summed E-state index contributed by atoms with van der Waals surface area (Å²) in [5, 5.41) is 3.51. The van der Waals surface area contributed by atoms with Crippen LogP contribution in [0.25, 0.3) is 0 Å². The van der Waals surface area contributed by atoms with Gasteiger partial charge in [-0.15, -0.1) is 11.8 Å². The lowest BCUT2D eigenvalue weighted by atomic mass is 9.76. The van der Waals surface area contributed by atoms with Crippen molar-refractivity contribution in [2.45, 2.75) is 23.2 Å². The van der Waals surface area contributed by atoms with Gasteiger partial charge in [-0.3, -0.25) is 0 Å². The summed E-state index contributed by atoms with van der Waals surface area (Å²) in [6.07, 6.45) is 2.42. The van der Waals surface area contributed by atoms with Gasteiger partial charge >= 0.3 is 0 Å². The fourth-order valence-electron chi connectivity index (χ4n) is 3.17. The van der Waals surface area contributed by atoms with E-state index in [2.05, 4.69) is 5.32 Å². The van der Waals surface area contributed by atoms with Crippen LogP contribution in [0.4, 0.5) is 0 Å². The molecule has 0 bridgehead atoms. The van der Waals surface area contributed by atoms with Crippen LogP contribution in [0.2, 0.25) is 0 Å². The molecule has 0 aliphatic carbocycles. The Morgan fingerprint density at radius 1 is 1.17 bits per heavy atom. The van der Waals surface area contributed by atoms with Crippen LogP contribution in [0.1, 0.15) is 18.4 Å². The molecule has 4 heteroatoms. The Labute approximate surface area is 112 Å².